The van der Waals surface area contributed by atoms with Gasteiger partial charge < -0.3 is 4.57 Å². The molecule has 3 aromatic heterocycles. The molecular formula is C17H19BrN4O2S. The van der Waals surface area contributed by atoms with Crippen molar-refractivity contribution in [1.29, 1.82) is 0 Å². The fraction of sp³-hybridized carbons (Fsp3) is 0.353. The highest BCUT2D eigenvalue weighted by atomic mass is 79.9. The third kappa shape index (κ3) is 3.41. The number of imidazole rings is 1. The molecule has 0 aliphatic carbocycles. The second-order valence-electron chi connectivity index (χ2n) is 6.13. The zero-order valence-corrected chi connectivity index (χ0v) is 16.7. The van der Waals surface area contributed by atoms with Crippen molar-refractivity contribution >= 4 is 38.4 Å². The smallest absolute Gasteiger partial charge is 0.309 e. The summed E-state index contributed by atoms with van der Waals surface area (Å²) in [6, 6.07) is 2.01. The standard InChI is InChI=1S/C17H19BrN4O2S/c1-11(2)4-7-21-13-14(19-16(21)18)20(3)17(24)22(15(13)23)8-5-12-6-9-25-10-12/h4,6,9-10H,5,7-8H2,1-3H3. The Morgan fingerprint density at radius 3 is 2.72 bits per heavy atom. The van der Waals surface area contributed by atoms with Gasteiger partial charge in [-0.2, -0.15) is 11.3 Å². The van der Waals surface area contributed by atoms with Crippen LogP contribution in [0.1, 0.15) is 19.4 Å². The molecule has 0 radical (unpaired) electrons. The van der Waals surface area contributed by atoms with Gasteiger partial charge in [-0.15, -0.1) is 0 Å². The van der Waals surface area contributed by atoms with Gasteiger partial charge in [0.2, 0.25) is 0 Å². The second-order valence-corrected chi connectivity index (χ2v) is 7.61. The number of fused-ring (bicyclic) bond motifs is 1. The van der Waals surface area contributed by atoms with Gasteiger partial charge >= 0.3 is 5.69 Å². The normalized spacial score (nSPS) is 11.2. The monoisotopic (exact) mass is 422 g/mol. The molecule has 0 N–H and O–H groups in total. The molecule has 3 aromatic rings. The van der Waals surface area contributed by atoms with Crippen molar-refractivity contribution in [2.45, 2.75) is 33.4 Å². The van der Waals surface area contributed by atoms with Crippen LogP contribution in [-0.4, -0.2) is 18.7 Å². The second kappa shape index (κ2) is 7.13. The fourth-order valence-corrected chi connectivity index (χ4v) is 3.85. The Kier molecular flexibility index (Phi) is 5.10. The Labute approximate surface area is 157 Å². The molecule has 25 heavy (non-hydrogen) atoms. The highest BCUT2D eigenvalue weighted by Gasteiger charge is 2.18. The van der Waals surface area contributed by atoms with E-state index in [1.165, 1.54) is 9.13 Å². The van der Waals surface area contributed by atoms with E-state index in [1.807, 2.05) is 36.7 Å². The molecular weight excluding hydrogens is 404 g/mol. The number of rotatable bonds is 5. The molecule has 0 aliphatic rings. The van der Waals surface area contributed by atoms with E-state index >= 15 is 0 Å². The van der Waals surface area contributed by atoms with Crippen LogP contribution in [-0.2, 0) is 26.6 Å². The molecule has 0 aromatic carbocycles. The highest BCUT2D eigenvalue weighted by Crippen LogP contribution is 2.17. The quantitative estimate of drug-likeness (QED) is 0.468. The fourth-order valence-electron chi connectivity index (χ4n) is 2.66. The topological polar surface area (TPSA) is 61.8 Å². The van der Waals surface area contributed by atoms with E-state index < -0.39 is 0 Å². The van der Waals surface area contributed by atoms with Gasteiger partial charge in [0.05, 0.1) is 0 Å². The highest BCUT2D eigenvalue weighted by molar-refractivity contribution is 9.10. The lowest BCUT2D eigenvalue weighted by molar-refractivity contribution is 0.601. The first-order valence-corrected chi connectivity index (χ1v) is 9.63. The van der Waals surface area contributed by atoms with E-state index in [9.17, 15) is 9.59 Å². The molecule has 3 heterocycles. The van der Waals surface area contributed by atoms with Crippen molar-refractivity contribution in [3.63, 3.8) is 0 Å². The zero-order chi connectivity index (χ0) is 18.1. The van der Waals surface area contributed by atoms with Gasteiger partial charge in [-0.3, -0.25) is 13.9 Å². The minimum absolute atomic E-state index is 0.298. The van der Waals surface area contributed by atoms with Gasteiger partial charge in [-0.1, -0.05) is 11.6 Å². The number of hydrogen-bond acceptors (Lipinski definition) is 4. The van der Waals surface area contributed by atoms with Gasteiger partial charge in [-0.25, -0.2) is 9.78 Å². The Balaban J connectivity index is 2.14. The van der Waals surface area contributed by atoms with E-state index in [-0.39, 0.29) is 11.2 Å². The summed E-state index contributed by atoms with van der Waals surface area (Å²) < 4.78 is 5.08. The maximum absolute atomic E-state index is 13.0. The van der Waals surface area contributed by atoms with Gasteiger partial charge in [0, 0.05) is 20.1 Å². The number of aryl methyl sites for hydroxylation is 2. The number of thiophene rings is 1. The molecule has 0 unspecified atom stereocenters. The molecule has 0 bridgehead atoms. The molecule has 0 fully saturated rings. The number of allylic oxidation sites excluding steroid dienone is 2. The molecule has 0 amide bonds. The molecule has 0 atom stereocenters. The summed E-state index contributed by atoms with van der Waals surface area (Å²) >= 11 is 5.01. The van der Waals surface area contributed by atoms with Crippen LogP contribution in [0.4, 0.5) is 0 Å². The summed E-state index contributed by atoms with van der Waals surface area (Å²) in [6.45, 7) is 4.88. The van der Waals surface area contributed by atoms with Gasteiger partial charge in [0.1, 0.15) is 0 Å². The Morgan fingerprint density at radius 2 is 2.08 bits per heavy atom. The molecule has 0 aliphatic heterocycles. The van der Waals surface area contributed by atoms with Crippen LogP contribution in [0.15, 0.2) is 42.8 Å². The van der Waals surface area contributed by atoms with E-state index in [0.717, 1.165) is 11.1 Å². The van der Waals surface area contributed by atoms with Crippen LogP contribution in [0.2, 0.25) is 0 Å². The van der Waals surface area contributed by atoms with Crippen LogP contribution < -0.4 is 11.2 Å². The summed E-state index contributed by atoms with van der Waals surface area (Å²) in [5.74, 6) is 0. The Bertz CT molecular complexity index is 1050. The first-order chi connectivity index (χ1) is 11.9. The van der Waals surface area contributed by atoms with Gasteiger partial charge in [0.15, 0.2) is 15.9 Å². The minimum Gasteiger partial charge on any atom is -0.309 e. The number of hydrogen-bond donors (Lipinski definition) is 0. The van der Waals surface area contributed by atoms with Crippen molar-refractivity contribution in [3.05, 3.63) is 59.6 Å². The van der Waals surface area contributed by atoms with Crippen molar-refractivity contribution < 1.29 is 0 Å². The lowest BCUT2D eigenvalue weighted by atomic mass is 10.2. The predicted octanol–water partition coefficient (Wildman–Crippen LogP) is 2.93. The summed E-state index contributed by atoms with van der Waals surface area (Å²) in [4.78, 5) is 30.0. The van der Waals surface area contributed by atoms with Crippen LogP contribution >= 0.6 is 27.3 Å². The number of halogens is 1. The van der Waals surface area contributed by atoms with Crippen LogP contribution in [0, 0.1) is 0 Å². The Hall–Kier alpha value is -1.93. The molecule has 8 heteroatoms. The summed E-state index contributed by atoms with van der Waals surface area (Å²) in [5.41, 5.74) is 2.48. The van der Waals surface area contributed by atoms with Gasteiger partial charge in [0.25, 0.3) is 5.56 Å². The lowest BCUT2D eigenvalue weighted by Crippen LogP contribution is -2.40. The predicted molar refractivity (Wildman–Crippen MR) is 104 cm³/mol. The molecule has 132 valence electrons. The maximum atomic E-state index is 13.0. The van der Waals surface area contributed by atoms with E-state index in [2.05, 4.69) is 20.9 Å². The zero-order valence-electron chi connectivity index (χ0n) is 14.3. The maximum Gasteiger partial charge on any atom is 0.332 e. The third-order valence-electron chi connectivity index (χ3n) is 4.07. The third-order valence-corrected chi connectivity index (χ3v) is 5.41. The van der Waals surface area contributed by atoms with Crippen molar-refractivity contribution in [2.24, 2.45) is 7.05 Å². The molecule has 0 saturated heterocycles. The Morgan fingerprint density at radius 1 is 1.32 bits per heavy atom. The molecule has 0 spiro atoms. The largest absolute Gasteiger partial charge is 0.332 e. The summed E-state index contributed by atoms with van der Waals surface area (Å²) in [7, 11) is 1.65. The number of nitrogens with zero attached hydrogens (tertiary/aromatic N) is 4. The SMILES string of the molecule is CC(C)=CCn1c(Br)nc2c1c(=O)n(CCc1ccsc1)c(=O)n2C. The molecule has 0 saturated carbocycles. The number of aromatic nitrogens is 4. The van der Waals surface area contributed by atoms with Crippen LogP contribution in [0.3, 0.4) is 0 Å². The van der Waals surface area contributed by atoms with E-state index in [0.29, 0.717) is 35.4 Å². The van der Waals surface area contributed by atoms with E-state index in [1.54, 1.807) is 23.0 Å². The van der Waals surface area contributed by atoms with Crippen LogP contribution in [0.5, 0.6) is 0 Å². The van der Waals surface area contributed by atoms with Crippen molar-refractivity contribution in [1.82, 2.24) is 18.7 Å². The van der Waals surface area contributed by atoms with Crippen molar-refractivity contribution in [3.8, 4) is 0 Å². The summed E-state index contributed by atoms with van der Waals surface area (Å²) in [5, 5.41) is 4.02. The average Bonchev–Trinajstić information content (AvgIpc) is 3.18. The molecule has 6 nitrogen and oxygen atoms in total. The van der Waals surface area contributed by atoms with Crippen LogP contribution in [0.25, 0.3) is 11.2 Å². The van der Waals surface area contributed by atoms with Gasteiger partial charge in [-0.05, 0) is 58.6 Å². The molecule has 3 rings (SSSR count). The summed E-state index contributed by atoms with van der Waals surface area (Å²) in [6.07, 6.45) is 2.67. The first-order valence-electron chi connectivity index (χ1n) is 7.90. The van der Waals surface area contributed by atoms with Crippen molar-refractivity contribution in [2.75, 3.05) is 0 Å². The van der Waals surface area contributed by atoms with E-state index in [4.69, 9.17) is 0 Å². The average molecular weight is 423 g/mol. The lowest BCUT2D eigenvalue weighted by Gasteiger charge is -2.09. The first kappa shape index (κ1) is 17.9. The minimum atomic E-state index is -0.341.